The van der Waals surface area contributed by atoms with Gasteiger partial charge in [-0.15, -0.1) is 0 Å². The summed E-state index contributed by atoms with van der Waals surface area (Å²) >= 11 is 0. The van der Waals surface area contributed by atoms with Gasteiger partial charge in [0, 0.05) is 13.1 Å². The van der Waals surface area contributed by atoms with Crippen molar-refractivity contribution in [2.24, 2.45) is 0 Å². The minimum absolute atomic E-state index is 0.221. The summed E-state index contributed by atoms with van der Waals surface area (Å²) in [6, 6.07) is 4.79. The van der Waals surface area contributed by atoms with E-state index in [-0.39, 0.29) is 12.1 Å². The number of carbonyl (C=O) groups excluding carboxylic acids is 3. The van der Waals surface area contributed by atoms with Crippen molar-refractivity contribution < 1.29 is 23.5 Å². The lowest BCUT2D eigenvalue weighted by atomic mass is 10.2. The lowest BCUT2D eigenvalue weighted by Crippen LogP contribution is -2.41. The van der Waals surface area contributed by atoms with Crippen molar-refractivity contribution >= 4 is 17.9 Å². The highest BCUT2D eigenvalue weighted by molar-refractivity contribution is 5.99. The standard InChI is InChI=1S/C13H13FN2O4/c1-8(11(17)16-7-6-15-13(16)19)20-12(18)9-4-2-3-5-10(9)14/h2-5,8H,6-7H2,1H3,(H,15,19)/t8-/m1/s1. The molecule has 0 aliphatic carbocycles. The molecule has 7 heteroatoms. The molecule has 0 radical (unpaired) electrons. The topological polar surface area (TPSA) is 75.7 Å². The molecule has 1 saturated heterocycles. The largest absolute Gasteiger partial charge is 0.449 e. The zero-order valence-electron chi connectivity index (χ0n) is 10.8. The van der Waals surface area contributed by atoms with Crippen molar-refractivity contribution in [3.63, 3.8) is 0 Å². The zero-order chi connectivity index (χ0) is 14.7. The van der Waals surface area contributed by atoms with Gasteiger partial charge in [0.05, 0.1) is 5.56 Å². The number of nitrogens with one attached hydrogen (secondary N) is 1. The van der Waals surface area contributed by atoms with Crippen molar-refractivity contribution in [2.75, 3.05) is 13.1 Å². The number of halogens is 1. The predicted octanol–water partition coefficient (Wildman–Crippen LogP) is 0.923. The summed E-state index contributed by atoms with van der Waals surface area (Å²) < 4.78 is 18.3. The van der Waals surface area contributed by atoms with E-state index in [4.69, 9.17) is 4.74 Å². The summed E-state index contributed by atoms with van der Waals surface area (Å²) in [5.74, 6) is -2.30. The summed E-state index contributed by atoms with van der Waals surface area (Å²) in [7, 11) is 0. The van der Waals surface area contributed by atoms with Gasteiger partial charge in [-0.3, -0.25) is 9.69 Å². The van der Waals surface area contributed by atoms with Crippen molar-refractivity contribution in [2.45, 2.75) is 13.0 Å². The molecule has 1 atom stereocenters. The van der Waals surface area contributed by atoms with Crippen LogP contribution in [-0.4, -0.2) is 42.0 Å². The van der Waals surface area contributed by atoms with E-state index >= 15 is 0 Å². The molecule has 1 heterocycles. The molecule has 2 rings (SSSR count). The number of ether oxygens (including phenoxy) is 1. The van der Waals surface area contributed by atoms with Crippen LogP contribution in [0, 0.1) is 5.82 Å². The molecule has 1 aromatic carbocycles. The summed E-state index contributed by atoms with van der Waals surface area (Å²) in [5, 5.41) is 2.47. The molecule has 0 spiro atoms. The SMILES string of the molecule is C[C@@H](OC(=O)c1ccccc1F)C(=O)N1CCNC1=O. The lowest BCUT2D eigenvalue weighted by molar-refractivity contribution is -0.136. The predicted molar refractivity (Wildman–Crippen MR) is 66.4 cm³/mol. The minimum atomic E-state index is -1.16. The number of carbonyl (C=O) groups is 3. The molecule has 20 heavy (non-hydrogen) atoms. The number of esters is 1. The van der Waals surface area contributed by atoms with E-state index in [2.05, 4.69) is 5.32 Å². The third-order valence-electron chi connectivity index (χ3n) is 2.85. The van der Waals surface area contributed by atoms with Gasteiger partial charge in [-0.2, -0.15) is 0 Å². The van der Waals surface area contributed by atoms with Crippen molar-refractivity contribution in [1.82, 2.24) is 10.2 Å². The maximum Gasteiger partial charge on any atom is 0.341 e. The first kappa shape index (κ1) is 14.0. The van der Waals surface area contributed by atoms with Crippen LogP contribution in [0.1, 0.15) is 17.3 Å². The molecule has 0 bridgehead atoms. The fourth-order valence-corrected chi connectivity index (χ4v) is 1.80. The summed E-state index contributed by atoms with van der Waals surface area (Å²) in [5.41, 5.74) is -0.252. The first-order chi connectivity index (χ1) is 9.50. The smallest absolute Gasteiger partial charge is 0.341 e. The number of urea groups is 1. The summed E-state index contributed by atoms with van der Waals surface area (Å²) in [6.45, 7) is 1.92. The fourth-order valence-electron chi connectivity index (χ4n) is 1.80. The summed E-state index contributed by atoms with van der Waals surface area (Å²) in [4.78, 5) is 35.9. The van der Waals surface area contributed by atoms with Crippen molar-refractivity contribution in [3.8, 4) is 0 Å². The van der Waals surface area contributed by atoms with Gasteiger partial charge in [0.2, 0.25) is 0 Å². The van der Waals surface area contributed by atoms with Crippen LogP contribution in [0.15, 0.2) is 24.3 Å². The molecule has 1 aliphatic heterocycles. The van der Waals surface area contributed by atoms with Gasteiger partial charge in [-0.25, -0.2) is 14.0 Å². The Balaban J connectivity index is 2.02. The molecular weight excluding hydrogens is 267 g/mol. The van der Waals surface area contributed by atoms with Gasteiger partial charge in [0.25, 0.3) is 5.91 Å². The normalized spacial score (nSPS) is 15.7. The van der Waals surface area contributed by atoms with Crippen LogP contribution >= 0.6 is 0 Å². The Morgan fingerprint density at radius 1 is 1.40 bits per heavy atom. The molecule has 0 saturated carbocycles. The average molecular weight is 280 g/mol. The van der Waals surface area contributed by atoms with Crippen LogP contribution < -0.4 is 5.32 Å². The van der Waals surface area contributed by atoms with Crippen molar-refractivity contribution in [3.05, 3.63) is 35.6 Å². The highest BCUT2D eigenvalue weighted by atomic mass is 19.1. The monoisotopic (exact) mass is 280 g/mol. The maximum atomic E-state index is 13.4. The Hall–Kier alpha value is -2.44. The van der Waals surface area contributed by atoms with Crippen LogP contribution in [0.4, 0.5) is 9.18 Å². The van der Waals surface area contributed by atoms with Crippen LogP contribution in [0.25, 0.3) is 0 Å². The van der Waals surface area contributed by atoms with Crippen LogP contribution in [0.3, 0.4) is 0 Å². The third-order valence-corrected chi connectivity index (χ3v) is 2.85. The van der Waals surface area contributed by atoms with Gasteiger partial charge in [-0.1, -0.05) is 12.1 Å². The Kier molecular flexibility index (Phi) is 3.97. The number of nitrogens with zero attached hydrogens (tertiary/aromatic N) is 1. The van der Waals surface area contributed by atoms with E-state index in [9.17, 15) is 18.8 Å². The molecular formula is C13H13FN2O4. The first-order valence-electron chi connectivity index (χ1n) is 6.05. The number of hydrogen-bond donors (Lipinski definition) is 1. The third kappa shape index (κ3) is 2.76. The van der Waals surface area contributed by atoms with Gasteiger partial charge in [-0.05, 0) is 19.1 Å². The molecule has 1 aliphatic rings. The molecule has 1 N–H and O–H groups in total. The number of hydrogen-bond acceptors (Lipinski definition) is 4. The Morgan fingerprint density at radius 3 is 2.70 bits per heavy atom. The van der Waals surface area contributed by atoms with Crippen LogP contribution in [-0.2, 0) is 9.53 Å². The van der Waals surface area contributed by atoms with E-state index in [0.29, 0.717) is 6.54 Å². The molecule has 1 fully saturated rings. The van der Waals surface area contributed by atoms with E-state index < -0.39 is 29.8 Å². The zero-order valence-corrected chi connectivity index (χ0v) is 10.8. The summed E-state index contributed by atoms with van der Waals surface area (Å²) in [6.07, 6.45) is -1.16. The molecule has 0 aromatic heterocycles. The maximum absolute atomic E-state index is 13.4. The molecule has 3 amide bonds. The minimum Gasteiger partial charge on any atom is -0.449 e. The number of imide groups is 1. The van der Waals surface area contributed by atoms with Gasteiger partial charge >= 0.3 is 12.0 Å². The van der Waals surface area contributed by atoms with Crippen molar-refractivity contribution in [1.29, 1.82) is 0 Å². The van der Waals surface area contributed by atoms with Crippen LogP contribution in [0.2, 0.25) is 0 Å². The Labute approximate surface area is 114 Å². The molecule has 1 aromatic rings. The van der Waals surface area contributed by atoms with Gasteiger partial charge in [0.1, 0.15) is 5.82 Å². The van der Waals surface area contributed by atoms with Gasteiger partial charge in [0.15, 0.2) is 6.10 Å². The Bertz CT molecular complexity index is 561. The number of benzene rings is 1. The Morgan fingerprint density at radius 2 is 2.10 bits per heavy atom. The highest BCUT2D eigenvalue weighted by Crippen LogP contribution is 2.11. The van der Waals surface area contributed by atoms with E-state index in [0.717, 1.165) is 11.0 Å². The second kappa shape index (κ2) is 5.68. The van der Waals surface area contributed by atoms with E-state index in [1.807, 2.05) is 0 Å². The number of rotatable bonds is 3. The second-order valence-corrected chi connectivity index (χ2v) is 4.25. The molecule has 6 nitrogen and oxygen atoms in total. The molecule has 106 valence electrons. The lowest BCUT2D eigenvalue weighted by Gasteiger charge is -2.18. The highest BCUT2D eigenvalue weighted by Gasteiger charge is 2.32. The van der Waals surface area contributed by atoms with Crippen LogP contribution in [0.5, 0.6) is 0 Å². The number of amides is 3. The van der Waals surface area contributed by atoms with E-state index in [1.165, 1.54) is 25.1 Å². The first-order valence-corrected chi connectivity index (χ1v) is 6.05. The second-order valence-electron chi connectivity index (χ2n) is 4.25. The fraction of sp³-hybridized carbons (Fsp3) is 0.308. The molecule has 0 unspecified atom stereocenters. The average Bonchev–Trinajstić information content (AvgIpc) is 2.84. The van der Waals surface area contributed by atoms with E-state index in [1.54, 1.807) is 0 Å². The quantitative estimate of drug-likeness (QED) is 0.835. The van der Waals surface area contributed by atoms with Gasteiger partial charge < -0.3 is 10.1 Å².